The molecule has 27 heavy (non-hydrogen) atoms. The van der Waals surface area contributed by atoms with E-state index in [-0.39, 0.29) is 5.91 Å². The summed E-state index contributed by atoms with van der Waals surface area (Å²) in [4.78, 5) is 20.5. The van der Waals surface area contributed by atoms with Crippen LogP contribution in [0, 0.1) is 13.8 Å². The van der Waals surface area contributed by atoms with E-state index in [1.165, 1.54) is 6.08 Å². The molecule has 3 aromatic rings. The summed E-state index contributed by atoms with van der Waals surface area (Å²) in [6.07, 6.45) is 3.16. The van der Waals surface area contributed by atoms with Crippen LogP contribution in [0.5, 0.6) is 11.8 Å². The van der Waals surface area contributed by atoms with Crippen LogP contribution in [0.15, 0.2) is 60.7 Å². The molecular formula is C21H18ClN3O2. The van der Waals surface area contributed by atoms with Gasteiger partial charge >= 0.3 is 6.01 Å². The molecule has 0 fully saturated rings. The number of anilines is 1. The first-order chi connectivity index (χ1) is 13.0. The van der Waals surface area contributed by atoms with Crippen LogP contribution in [0.4, 0.5) is 5.69 Å². The monoisotopic (exact) mass is 379 g/mol. The molecule has 3 rings (SSSR count). The fourth-order valence-corrected chi connectivity index (χ4v) is 2.62. The molecule has 1 N–H and O–H groups in total. The van der Waals surface area contributed by atoms with Crippen LogP contribution >= 0.6 is 11.6 Å². The summed E-state index contributed by atoms with van der Waals surface area (Å²) in [7, 11) is 0. The highest BCUT2D eigenvalue weighted by Gasteiger charge is 2.04. The molecule has 5 nitrogen and oxygen atoms in total. The molecule has 0 unspecified atom stereocenters. The van der Waals surface area contributed by atoms with Crippen LogP contribution in [0.1, 0.15) is 17.0 Å². The van der Waals surface area contributed by atoms with E-state index in [2.05, 4.69) is 15.3 Å². The van der Waals surface area contributed by atoms with Crippen molar-refractivity contribution in [2.75, 3.05) is 5.32 Å². The molecule has 0 atom stereocenters. The molecule has 136 valence electrons. The third kappa shape index (κ3) is 5.66. The molecule has 1 aromatic heterocycles. The first-order valence-electron chi connectivity index (χ1n) is 8.33. The molecule has 0 aliphatic carbocycles. The van der Waals surface area contributed by atoms with E-state index in [9.17, 15) is 4.79 Å². The summed E-state index contributed by atoms with van der Waals surface area (Å²) in [5.41, 5.74) is 3.19. The predicted molar refractivity (Wildman–Crippen MR) is 107 cm³/mol. The van der Waals surface area contributed by atoms with Gasteiger partial charge in [-0.1, -0.05) is 23.7 Å². The van der Waals surface area contributed by atoms with Crippen molar-refractivity contribution in [1.29, 1.82) is 0 Å². The molecule has 0 bridgehead atoms. The Balaban J connectivity index is 1.60. The molecule has 1 heterocycles. The number of rotatable bonds is 5. The number of ether oxygens (including phenoxy) is 1. The quantitative estimate of drug-likeness (QED) is 0.619. The minimum Gasteiger partial charge on any atom is -0.424 e. The number of amides is 1. The minimum absolute atomic E-state index is 0.235. The maximum atomic E-state index is 12.0. The third-order valence-corrected chi connectivity index (χ3v) is 3.80. The highest BCUT2D eigenvalue weighted by Crippen LogP contribution is 2.21. The summed E-state index contributed by atoms with van der Waals surface area (Å²) >= 11 is 5.92. The number of benzene rings is 2. The van der Waals surface area contributed by atoms with E-state index in [1.807, 2.05) is 32.0 Å². The summed E-state index contributed by atoms with van der Waals surface area (Å²) < 4.78 is 5.66. The molecule has 0 spiro atoms. The smallest absolute Gasteiger partial charge is 0.322 e. The Bertz CT molecular complexity index is 965. The average Bonchev–Trinajstić information content (AvgIpc) is 2.61. The summed E-state index contributed by atoms with van der Waals surface area (Å²) in [6.45, 7) is 3.77. The number of carbonyl (C=O) groups excluding carboxylic acids is 1. The van der Waals surface area contributed by atoms with E-state index in [0.717, 1.165) is 17.0 Å². The topological polar surface area (TPSA) is 64.1 Å². The number of aryl methyl sites for hydroxylation is 2. The van der Waals surface area contributed by atoms with Crippen LogP contribution in [0.25, 0.3) is 6.08 Å². The summed E-state index contributed by atoms with van der Waals surface area (Å²) in [5.74, 6) is 0.355. The molecule has 0 aliphatic rings. The number of halogens is 1. The highest BCUT2D eigenvalue weighted by molar-refractivity contribution is 6.30. The van der Waals surface area contributed by atoms with Crippen LogP contribution in [-0.4, -0.2) is 15.9 Å². The second-order valence-corrected chi connectivity index (χ2v) is 6.37. The third-order valence-electron chi connectivity index (χ3n) is 3.57. The van der Waals surface area contributed by atoms with Gasteiger partial charge in [-0.3, -0.25) is 4.79 Å². The van der Waals surface area contributed by atoms with Gasteiger partial charge in [0.05, 0.1) is 0 Å². The molecule has 6 heteroatoms. The molecule has 0 saturated carbocycles. The van der Waals surface area contributed by atoms with Crippen LogP contribution in [0.2, 0.25) is 5.02 Å². The van der Waals surface area contributed by atoms with Crippen molar-refractivity contribution < 1.29 is 9.53 Å². The first kappa shape index (κ1) is 18.6. The maximum absolute atomic E-state index is 12.0. The SMILES string of the molecule is Cc1cc(C)nc(Oc2ccc(NC(=O)/C=C/c3cccc(Cl)c3)cc2)n1. The van der Waals surface area contributed by atoms with Crippen LogP contribution in [-0.2, 0) is 4.79 Å². The van der Waals surface area contributed by atoms with Crippen molar-refractivity contribution in [2.45, 2.75) is 13.8 Å². The van der Waals surface area contributed by atoms with Gasteiger partial charge in [-0.2, -0.15) is 0 Å². The predicted octanol–water partition coefficient (Wildman–Crippen LogP) is 5.19. The van der Waals surface area contributed by atoms with E-state index in [1.54, 1.807) is 42.5 Å². The van der Waals surface area contributed by atoms with Crippen molar-refractivity contribution >= 4 is 29.3 Å². The number of carbonyl (C=O) groups is 1. The Labute approximate surface area is 162 Å². The Morgan fingerprint density at radius 2 is 1.74 bits per heavy atom. The first-order valence-corrected chi connectivity index (χ1v) is 8.70. The maximum Gasteiger partial charge on any atom is 0.322 e. The lowest BCUT2D eigenvalue weighted by molar-refractivity contribution is -0.111. The second-order valence-electron chi connectivity index (χ2n) is 5.94. The number of nitrogens with one attached hydrogen (secondary N) is 1. The normalized spacial score (nSPS) is 10.8. The van der Waals surface area contributed by atoms with E-state index in [0.29, 0.717) is 22.5 Å². The van der Waals surface area contributed by atoms with Crippen molar-refractivity contribution in [3.8, 4) is 11.8 Å². The lowest BCUT2D eigenvalue weighted by Crippen LogP contribution is -2.07. The lowest BCUT2D eigenvalue weighted by Gasteiger charge is -2.07. The molecule has 1 amide bonds. The molecule has 2 aromatic carbocycles. The molecule has 0 aliphatic heterocycles. The van der Waals surface area contributed by atoms with Gasteiger partial charge in [0.1, 0.15) is 5.75 Å². The van der Waals surface area contributed by atoms with Gasteiger partial charge in [-0.15, -0.1) is 0 Å². The van der Waals surface area contributed by atoms with Gasteiger partial charge in [0, 0.05) is 28.2 Å². The van der Waals surface area contributed by atoms with Crippen molar-refractivity contribution in [1.82, 2.24) is 9.97 Å². The van der Waals surface area contributed by atoms with E-state index >= 15 is 0 Å². The molecular weight excluding hydrogens is 362 g/mol. The zero-order valence-corrected chi connectivity index (χ0v) is 15.7. The zero-order chi connectivity index (χ0) is 19.2. The second kappa shape index (κ2) is 8.47. The van der Waals surface area contributed by atoms with Crippen LogP contribution < -0.4 is 10.1 Å². The fraction of sp³-hybridized carbons (Fsp3) is 0.0952. The average molecular weight is 380 g/mol. The molecule has 0 radical (unpaired) electrons. The minimum atomic E-state index is -0.235. The fourth-order valence-electron chi connectivity index (χ4n) is 2.42. The van der Waals surface area contributed by atoms with Gasteiger partial charge in [-0.25, -0.2) is 9.97 Å². The molecule has 0 saturated heterocycles. The Kier molecular flexibility index (Phi) is 5.84. The largest absolute Gasteiger partial charge is 0.424 e. The van der Waals surface area contributed by atoms with E-state index < -0.39 is 0 Å². The Morgan fingerprint density at radius 3 is 2.41 bits per heavy atom. The Hall–Kier alpha value is -3.18. The van der Waals surface area contributed by atoms with E-state index in [4.69, 9.17) is 16.3 Å². The number of hydrogen-bond acceptors (Lipinski definition) is 4. The summed E-state index contributed by atoms with van der Waals surface area (Å²) in [5, 5.41) is 3.42. The standard InChI is InChI=1S/C21H18ClN3O2/c1-14-12-15(2)24-21(23-14)27-19-9-7-18(8-10-19)25-20(26)11-6-16-4-3-5-17(22)13-16/h3-13H,1-2H3,(H,25,26)/b11-6+. The lowest BCUT2D eigenvalue weighted by atomic mass is 10.2. The van der Waals surface area contributed by atoms with Crippen LogP contribution in [0.3, 0.4) is 0 Å². The van der Waals surface area contributed by atoms with Crippen molar-refractivity contribution in [3.63, 3.8) is 0 Å². The van der Waals surface area contributed by atoms with Gasteiger partial charge in [-0.05, 0) is 68.0 Å². The van der Waals surface area contributed by atoms with Gasteiger partial charge < -0.3 is 10.1 Å². The zero-order valence-electron chi connectivity index (χ0n) is 14.9. The van der Waals surface area contributed by atoms with Crippen molar-refractivity contribution in [3.05, 3.63) is 82.6 Å². The van der Waals surface area contributed by atoms with Gasteiger partial charge in [0.15, 0.2) is 0 Å². The van der Waals surface area contributed by atoms with Gasteiger partial charge in [0.25, 0.3) is 0 Å². The number of hydrogen-bond donors (Lipinski definition) is 1. The number of aromatic nitrogens is 2. The highest BCUT2D eigenvalue weighted by atomic mass is 35.5. The number of nitrogens with zero attached hydrogens (tertiary/aromatic N) is 2. The van der Waals surface area contributed by atoms with Crippen molar-refractivity contribution in [2.24, 2.45) is 0 Å². The summed E-state index contributed by atoms with van der Waals surface area (Å²) in [6, 6.07) is 16.4. The Morgan fingerprint density at radius 1 is 1.04 bits per heavy atom. The van der Waals surface area contributed by atoms with Gasteiger partial charge in [0.2, 0.25) is 5.91 Å².